The molecular weight excluding hydrogens is 230 g/mol. The molecule has 4 heteroatoms. The van der Waals surface area contributed by atoms with Crippen molar-refractivity contribution in [2.24, 2.45) is 0 Å². The van der Waals surface area contributed by atoms with E-state index in [0.29, 0.717) is 25.3 Å². The first-order valence-electron chi connectivity index (χ1n) is 6.20. The Bertz CT molecular complexity index is 482. The summed E-state index contributed by atoms with van der Waals surface area (Å²) in [6.45, 7) is 5.51. The van der Waals surface area contributed by atoms with Crippen LogP contribution in [0, 0.1) is 6.92 Å². The van der Waals surface area contributed by atoms with E-state index in [-0.39, 0.29) is 0 Å². The fourth-order valence-electron chi connectivity index (χ4n) is 2.16. The van der Waals surface area contributed by atoms with Gasteiger partial charge in [-0.25, -0.2) is 0 Å². The number of anilines is 1. The number of aryl methyl sites for hydroxylation is 1. The second kappa shape index (κ2) is 5.31. The van der Waals surface area contributed by atoms with E-state index in [0.717, 1.165) is 17.7 Å². The Morgan fingerprint density at radius 3 is 2.72 bits per heavy atom. The zero-order chi connectivity index (χ0) is 13.1. The van der Waals surface area contributed by atoms with Crippen LogP contribution in [-0.4, -0.2) is 31.4 Å². The van der Waals surface area contributed by atoms with Gasteiger partial charge in [0.15, 0.2) is 0 Å². The van der Waals surface area contributed by atoms with Crippen molar-refractivity contribution in [3.8, 4) is 0 Å². The summed E-state index contributed by atoms with van der Waals surface area (Å²) in [6, 6.07) is 5.41. The first-order valence-corrected chi connectivity index (χ1v) is 6.20. The number of ether oxygens (including phenoxy) is 1. The van der Waals surface area contributed by atoms with E-state index in [4.69, 9.17) is 4.74 Å². The van der Waals surface area contributed by atoms with E-state index in [9.17, 15) is 9.59 Å². The minimum atomic E-state index is -0.445. The molecule has 1 aliphatic heterocycles. The van der Waals surface area contributed by atoms with Crippen LogP contribution in [0.5, 0.6) is 0 Å². The van der Waals surface area contributed by atoms with Gasteiger partial charge in [-0.05, 0) is 25.0 Å². The molecule has 0 aliphatic carbocycles. The van der Waals surface area contributed by atoms with Gasteiger partial charge in [-0.3, -0.25) is 9.59 Å². The predicted octanol–water partition coefficient (Wildman–Crippen LogP) is 1.95. The molecule has 0 spiro atoms. The highest BCUT2D eigenvalue weighted by atomic mass is 16.5. The van der Waals surface area contributed by atoms with Crippen molar-refractivity contribution < 1.29 is 14.3 Å². The highest BCUT2D eigenvalue weighted by Gasteiger charge is 2.36. The second-order valence-corrected chi connectivity index (χ2v) is 4.37. The Morgan fingerprint density at radius 1 is 1.22 bits per heavy atom. The number of carbonyl (C=O) groups is 2. The van der Waals surface area contributed by atoms with Crippen LogP contribution >= 0.6 is 0 Å². The lowest BCUT2D eigenvalue weighted by atomic mass is 10.1. The zero-order valence-corrected chi connectivity index (χ0v) is 10.7. The molecule has 0 aromatic heterocycles. The van der Waals surface area contributed by atoms with E-state index in [1.165, 1.54) is 4.90 Å². The molecule has 1 amide bonds. The fraction of sp³-hybridized carbons (Fsp3) is 0.429. The second-order valence-electron chi connectivity index (χ2n) is 4.37. The van der Waals surface area contributed by atoms with Crippen molar-refractivity contribution in [1.29, 1.82) is 0 Å². The summed E-state index contributed by atoms with van der Waals surface area (Å²) in [7, 11) is 0. The number of para-hydroxylation sites is 1. The summed E-state index contributed by atoms with van der Waals surface area (Å²) in [5.74, 6) is -0.858. The third-order valence-corrected chi connectivity index (χ3v) is 3.00. The molecule has 1 heterocycles. The summed E-state index contributed by atoms with van der Waals surface area (Å²) >= 11 is 0. The standard InChI is InChI=1S/C14H17NO3/c1-3-8-18-9-7-15-12-10(2)5-4-6-11(12)13(16)14(15)17/h4-6H,3,7-9H2,1-2H3. The van der Waals surface area contributed by atoms with Crippen LogP contribution in [0.25, 0.3) is 0 Å². The largest absolute Gasteiger partial charge is 0.380 e. The van der Waals surface area contributed by atoms with E-state index in [2.05, 4.69) is 0 Å². The van der Waals surface area contributed by atoms with E-state index < -0.39 is 11.7 Å². The average molecular weight is 247 g/mol. The van der Waals surface area contributed by atoms with Crippen LogP contribution in [0.2, 0.25) is 0 Å². The lowest BCUT2D eigenvalue weighted by Crippen LogP contribution is -2.33. The van der Waals surface area contributed by atoms with Gasteiger partial charge in [0, 0.05) is 13.2 Å². The van der Waals surface area contributed by atoms with Gasteiger partial charge in [-0.15, -0.1) is 0 Å². The van der Waals surface area contributed by atoms with E-state index in [1.807, 2.05) is 19.9 Å². The van der Waals surface area contributed by atoms with Gasteiger partial charge in [-0.2, -0.15) is 0 Å². The number of nitrogens with zero attached hydrogens (tertiary/aromatic N) is 1. The molecule has 0 saturated carbocycles. The highest BCUT2D eigenvalue weighted by Crippen LogP contribution is 2.31. The summed E-state index contributed by atoms with van der Waals surface area (Å²) in [5, 5.41) is 0. The van der Waals surface area contributed by atoms with Crippen LogP contribution in [0.4, 0.5) is 5.69 Å². The normalized spacial score (nSPS) is 14.2. The van der Waals surface area contributed by atoms with Gasteiger partial charge in [0.1, 0.15) is 0 Å². The molecule has 0 unspecified atom stereocenters. The molecule has 2 rings (SSSR count). The van der Waals surface area contributed by atoms with Crippen molar-refractivity contribution in [3.05, 3.63) is 29.3 Å². The average Bonchev–Trinajstić information content (AvgIpc) is 2.61. The van der Waals surface area contributed by atoms with Crippen LogP contribution in [-0.2, 0) is 9.53 Å². The van der Waals surface area contributed by atoms with Crippen molar-refractivity contribution in [3.63, 3.8) is 0 Å². The number of hydrogen-bond acceptors (Lipinski definition) is 3. The van der Waals surface area contributed by atoms with Gasteiger partial charge in [0.25, 0.3) is 11.7 Å². The number of ketones is 1. The number of amides is 1. The number of hydrogen-bond donors (Lipinski definition) is 0. The zero-order valence-electron chi connectivity index (χ0n) is 10.7. The molecular formula is C14H17NO3. The van der Waals surface area contributed by atoms with Crippen molar-refractivity contribution in [2.45, 2.75) is 20.3 Å². The minimum Gasteiger partial charge on any atom is -0.380 e. The molecule has 0 atom stereocenters. The Labute approximate surface area is 107 Å². The summed E-state index contributed by atoms with van der Waals surface area (Å²) in [6.07, 6.45) is 0.947. The molecule has 1 aliphatic rings. The smallest absolute Gasteiger partial charge is 0.299 e. The Balaban J connectivity index is 2.17. The fourth-order valence-corrected chi connectivity index (χ4v) is 2.16. The van der Waals surface area contributed by atoms with Gasteiger partial charge >= 0.3 is 0 Å². The lowest BCUT2D eigenvalue weighted by molar-refractivity contribution is -0.114. The van der Waals surface area contributed by atoms with Crippen LogP contribution < -0.4 is 4.90 Å². The molecule has 96 valence electrons. The molecule has 0 N–H and O–H groups in total. The maximum absolute atomic E-state index is 11.9. The summed E-state index contributed by atoms with van der Waals surface area (Å²) in [5.41, 5.74) is 2.20. The predicted molar refractivity (Wildman–Crippen MR) is 69.0 cm³/mol. The molecule has 4 nitrogen and oxygen atoms in total. The van der Waals surface area contributed by atoms with Crippen LogP contribution in [0.3, 0.4) is 0 Å². The van der Waals surface area contributed by atoms with Crippen molar-refractivity contribution in [1.82, 2.24) is 0 Å². The minimum absolute atomic E-state index is 0.413. The number of rotatable bonds is 5. The molecule has 0 bridgehead atoms. The van der Waals surface area contributed by atoms with Crippen molar-refractivity contribution >= 4 is 17.4 Å². The van der Waals surface area contributed by atoms with Gasteiger partial charge in [0.05, 0.1) is 17.9 Å². The number of carbonyl (C=O) groups excluding carboxylic acids is 2. The highest BCUT2D eigenvalue weighted by molar-refractivity contribution is 6.52. The van der Waals surface area contributed by atoms with Crippen LogP contribution in [0.1, 0.15) is 29.3 Å². The third-order valence-electron chi connectivity index (χ3n) is 3.00. The molecule has 1 aromatic carbocycles. The van der Waals surface area contributed by atoms with Gasteiger partial charge in [0.2, 0.25) is 0 Å². The lowest BCUT2D eigenvalue weighted by Gasteiger charge is -2.18. The summed E-state index contributed by atoms with van der Waals surface area (Å²) in [4.78, 5) is 25.2. The summed E-state index contributed by atoms with van der Waals surface area (Å²) < 4.78 is 5.38. The van der Waals surface area contributed by atoms with Gasteiger partial charge in [-0.1, -0.05) is 19.1 Å². The molecule has 1 aromatic rings. The number of benzene rings is 1. The first-order chi connectivity index (χ1) is 8.66. The maximum Gasteiger partial charge on any atom is 0.299 e. The molecule has 0 saturated heterocycles. The van der Waals surface area contributed by atoms with E-state index in [1.54, 1.807) is 12.1 Å². The van der Waals surface area contributed by atoms with Gasteiger partial charge < -0.3 is 9.64 Å². The SMILES string of the molecule is CCCOCCN1C(=O)C(=O)c2cccc(C)c21. The van der Waals surface area contributed by atoms with E-state index >= 15 is 0 Å². The first kappa shape index (κ1) is 12.8. The monoisotopic (exact) mass is 247 g/mol. The molecule has 0 fully saturated rings. The molecule has 18 heavy (non-hydrogen) atoms. The maximum atomic E-state index is 11.9. The Kier molecular flexibility index (Phi) is 3.77. The van der Waals surface area contributed by atoms with Crippen LogP contribution in [0.15, 0.2) is 18.2 Å². The molecule has 0 radical (unpaired) electrons. The Morgan fingerprint density at radius 2 is 2.00 bits per heavy atom. The topological polar surface area (TPSA) is 46.6 Å². The van der Waals surface area contributed by atoms with Crippen molar-refractivity contribution in [2.75, 3.05) is 24.7 Å². The Hall–Kier alpha value is -1.68. The number of fused-ring (bicyclic) bond motifs is 1. The number of Topliss-reactive ketones (excluding diaryl/α,β-unsaturated/α-hetero) is 1. The quantitative estimate of drug-likeness (QED) is 0.590. The third kappa shape index (κ3) is 2.16.